The third kappa shape index (κ3) is 7.30. The van der Waals surface area contributed by atoms with E-state index < -0.39 is 54.3 Å². The Bertz CT molecular complexity index is 1170. The number of ether oxygens (including phenoxy) is 2. The van der Waals surface area contributed by atoms with Crippen molar-refractivity contribution in [3.05, 3.63) is 28.8 Å². The van der Waals surface area contributed by atoms with Crippen LogP contribution >= 0.6 is 11.6 Å². The molecule has 4 rings (SSSR count). The van der Waals surface area contributed by atoms with E-state index in [9.17, 15) is 23.6 Å². The summed E-state index contributed by atoms with van der Waals surface area (Å²) in [4.78, 5) is 52.6. The summed E-state index contributed by atoms with van der Waals surface area (Å²) in [6.07, 6.45) is 0.175. The summed E-state index contributed by atoms with van der Waals surface area (Å²) in [5.74, 6) is -1.11. The summed E-state index contributed by atoms with van der Waals surface area (Å²) in [5, 5.41) is 5.55. The van der Waals surface area contributed by atoms with Gasteiger partial charge in [-0.15, -0.1) is 0 Å². The molecular formula is C29H40ClFN4O6. The molecule has 10 nitrogen and oxygen atoms in total. The molecule has 41 heavy (non-hydrogen) atoms. The first-order valence-electron chi connectivity index (χ1n) is 14.3. The standard InChI is InChI=1S/C29H40ClFN4O6/c1-14(2)19-7-5-15(3)9-24(19)40-29-22(12-25(36)41-29)34-27(38)23-11-18(31)13-35(23)28(39)16(4)33-26(37)17-6-8-21(32)20(30)10-17/h6,8,10,14-16,18-19,22-24,29H,5,7,9,11-13,32H2,1-4H3,(H,33,37)(H,34,38). The summed E-state index contributed by atoms with van der Waals surface area (Å²) in [7, 11) is 0. The maximum absolute atomic E-state index is 14.5. The summed E-state index contributed by atoms with van der Waals surface area (Å²) in [6, 6.07) is 1.41. The highest BCUT2D eigenvalue weighted by Gasteiger charge is 2.45. The van der Waals surface area contributed by atoms with Gasteiger partial charge in [0.1, 0.15) is 24.3 Å². The average Bonchev–Trinajstić information content (AvgIpc) is 3.46. The summed E-state index contributed by atoms with van der Waals surface area (Å²) >= 11 is 6.00. The van der Waals surface area contributed by atoms with Crippen molar-refractivity contribution in [2.75, 3.05) is 12.3 Å². The van der Waals surface area contributed by atoms with Crippen molar-refractivity contribution >= 4 is 41.0 Å². The molecule has 2 saturated heterocycles. The number of amides is 3. The van der Waals surface area contributed by atoms with E-state index >= 15 is 0 Å². The van der Waals surface area contributed by atoms with E-state index in [0.717, 1.165) is 24.2 Å². The van der Waals surface area contributed by atoms with Crippen molar-refractivity contribution in [1.82, 2.24) is 15.5 Å². The highest BCUT2D eigenvalue weighted by atomic mass is 35.5. The zero-order valence-corrected chi connectivity index (χ0v) is 24.7. The Kier molecular flexibility index (Phi) is 9.79. The van der Waals surface area contributed by atoms with Crippen LogP contribution in [0.4, 0.5) is 10.1 Å². The predicted octanol–water partition coefficient (Wildman–Crippen LogP) is 3.21. The minimum atomic E-state index is -1.42. The van der Waals surface area contributed by atoms with E-state index in [1.165, 1.54) is 25.1 Å². The number of nitrogens with one attached hydrogen (secondary N) is 2. The number of carbonyl (C=O) groups excluding carboxylic acids is 4. The van der Waals surface area contributed by atoms with Gasteiger partial charge in [-0.25, -0.2) is 4.39 Å². The molecule has 2 heterocycles. The molecule has 0 aromatic heterocycles. The Morgan fingerprint density at radius 3 is 2.61 bits per heavy atom. The second-order valence-corrected chi connectivity index (χ2v) is 12.4. The minimum Gasteiger partial charge on any atom is -0.433 e. The van der Waals surface area contributed by atoms with Crippen LogP contribution in [0.1, 0.15) is 70.2 Å². The van der Waals surface area contributed by atoms with Gasteiger partial charge < -0.3 is 30.7 Å². The molecule has 0 radical (unpaired) electrons. The summed E-state index contributed by atoms with van der Waals surface area (Å²) < 4.78 is 26.3. The maximum atomic E-state index is 14.5. The molecule has 1 aromatic rings. The van der Waals surface area contributed by atoms with Crippen LogP contribution in [0.2, 0.25) is 5.02 Å². The molecule has 1 aromatic carbocycles. The van der Waals surface area contributed by atoms with Crippen LogP contribution in [0.25, 0.3) is 0 Å². The Labute approximate surface area is 244 Å². The number of anilines is 1. The molecule has 8 atom stereocenters. The number of nitrogen functional groups attached to an aromatic ring is 1. The Hall–Kier alpha value is -2.92. The molecule has 12 heteroatoms. The number of esters is 1. The zero-order valence-electron chi connectivity index (χ0n) is 23.9. The third-order valence-corrected chi connectivity index (χ3v) is 8.70. The summed E-state index contributed by atoms with van der Waals surface area (Å²) in [5.41, 5.74) is 6.20. The molecule has 0 bridgehead atoms. The molecule has 8 unspecified atom stereocenters. The number of benzene rings is 1. The SMILES string of the molecule is CC1CCC(C(C)C)C(OC2OC(=O)CC2NC(=O)C2CC(F)CN2C(=O)C(C)NC(=O)c2ccc(N)c(Cl)c2)C1. The van der Waals surface area contributed by atoms with Crippen molar-refractivity contribution in [2.45, 2.75) is 96.5 Å². The molecule has 0 spiro atoms. The van der Waals surface area contributed by atoms with Gasteiger partial charge in [0.2, 0.25) is 18.1 Å². The molecule has 3 aliphatic rings. The fourth-order valence-electron chi connectivity index (χ4n) is 6.04. The zero-order chi connectivity index (χ0) is 30.0. The van der Waals surface area contributed by atoms with Gasteiger partial charge in [0, 0.05) is 12.0 Å². The normalized spacial score (nSPS) is 30.7. The van der Waals surface area contributed by atoms with Crippen molar-refractivity contribution in [2.24, 2.45) is 17.8 Å². The maximum Gasteiger partial charge on any atom is 0.310 e. The van der Waals surface area contributed by atoms with Gasteiger partial charge in [-0.1, -0.05) is 38.8 Å². The quantitative estimate of drug-likeness (QED) is 0.310. The van der Waals surface area contributed by atoms with Crippen molar-refractivity contribution < 1.29 is 33.0 Å². The number of alkyl halides is 1. The predicted molar refractivity (Wildman–Crippen MR) is 150 cm³/mol. The fourth-order valence-corrected chi connectivity index (χ4v) is 6.22. The first-order chi connectivity index (χ1) is 19.3. The van der Waals surface area contributed by atoms with Gasteiger partial charge in [-0.3, -0.25) is 19.2 Å². The average molecular weight is 595 g/mol. The number of nitrogens with zero attached hydrogens (tertiary/aromatic N) is 1. The molecular weight excluding hydrogens is 555 g/mol. The number of cyclic esters (lactones) is 1. The van der Waals surface area contributed by atoms with Gasteiger partial charge in [0.25, 0.3) is 5.91 Å². The monoisotopic (exact) mass is 594 g/mol. The Morgan fingerprint density at radius 1 is 1.20 bits per heavy atom. The van der Waals surface area contributed by atoms with Crippen LogP contribution in [-0.2, 0) is 23.9 Å². The lowest BCUT2D eigenvalue weighted by atomic mass is 9.75. The fraction of sp³-hybridized carbons (Fsp3) is 0.655. The second-order valence-electron chi connectivity index (χ2n) is 11.9. The highest BCUT2D eigenvalue weighted by molar-refractivity contribution is 6.33. The largest absolute Gasteiger partial charge is 0.433 e. The molecule has 1 saturated carbocycles. The van der Waals surface area contributed by atoms with Crippen molar-refractivity contribution in [1.29, 1.82) is 0 Å². The number of rotatable bonds is 8. The number of hydrogen-bond donors (Lipinski definition) is 3. The number of hydrogen-bond acceptors (Lipinski definition) is 7. The number of likely N-dealkylation sites (tertiary alicyclic amines) is 1. The molecule has 2 aliphatic heterocycles. The lowest BCUT2D eigenvalue weighted by Gasteiger charge is -2.38. The topological polar surface area (TPSA) is 140 Å². The van der Waals surface area contributed by atoms with E-state index in [1.807, 2.05) is 0 Å². The van der Waals surface area contributed by atoms with Gasteiger partial charge >= 0.3 is 5.97 Å². The highest BCUT2D eigenvalue weighted by Crippen LogP contribution is 2.37. The lowest BCUT2D eigenvalue weighted by Crippen LogP contribution is -2.55. The van der Waals surface area contributed by atoms with Crippen LogP contribution in [0.15, 0.2) is 18.2 Å². The molecule has 3 amide bonds. The Morgan fingerprint density at radius 2 is 1.93 bits per heavy atom. The van der Waals surface area contributed by atoms with E-state index in [4.69, 9.17) is 26.8 Å². The first kappa shape index (κ1) is 31.0. The third-order valence-electron chi connectivity index (χ3n) is 8.38. The smallest absolute Gasteiger partial charge is 0.310 e. The van der Waals surface area contributed by atoms with Crippen LogP contribution in [0.3, 0.4) is 0 Å². The van der Waals surface area contributed by atoms with Gasteiger partial charge in [-0.05, 0) is 55.7 Å². The van der Waals surface area contributed by atoms with Gasteiger partial charge in [0.05, 0.1) is 29.8 Å². The van der Waals surface area contributed by atoms with Crippen LogP contribution in [0, 0.1) is 17.8 Å². The minimum absolute atomic E-state index is 0.0820. The molecule has 3 fully saturated rings. The summed E-state index contributed by atoms with van der Waals surface area (Å²) in [6.45, 7) is 7.62. The van der Waals surface area contributed by atoms with E-state index in [-0.39, 0.29) is 36.1 Å². The van der Waals surface area contributed by atoms with Crippen molar-refractivity contribution in [3.8, 4) is 0 Å². The lowest BCUT2D eigenvalue weighted by molar-refractivity contribution is -0.191. The molecule has 1 aliphatic carbocycles. The number of halogens is 2. The molecule has 226 valence electrons. The van der Waals surface area contributed by atoms with Gasteiger partial charge in [-0.2, -0.15) is 0 Å². The van der Waals surface area contributed by atoms with Crippen LogP contribution in [-0.4, -0.2) is 71.8 Å². The number of carbonyl (C=O) groups is 4. The van der Waals surface area contributed by atoms with E-state index in [1.54, 1.807) is 0 Å². The van der Waals surface area contributed by atoms with Crippen LogP contribution < -0.4 is 16.4 Å². The second kappa shape index (κ2) is 12.9. The molecule has 4 N–H and O–H groups in total. The van der Waals surface area contributed by atoms with Gasteiger partial charge in [0.15, 0.2) is 0 Å². The van der Waals surface area contributed by atoms with Crippen molar-refractivity contribution in [3.63, 3.8) is 0 Å². The van der Waals surface area contributed by atoms with E-state index in [2.05, 4.69) is 31.4 Å². The Balaban J connectivity index is 1.40. The van der Waals surface area contributed by atoms with E-state index in [0.29, 0.717) is 23.4 Å². The number of nitrogens with two attached hydrogens (primary N) is 1. The first-order valence-corrected chi connectivity index (χ1v) is 14.7. The van der Waals surface area contributed by atoms with Crippen LogP contribution in [0.5, 0.6) is 0 Å².